The first-order chi connectivity index (χ1) is 17.4. The number of carboxylic acid groups (broad SMARTS) is 1. The molecule has 0 spiro atoms. The first-order valence-electron chi connectivity index (χ1n) is 11.4. The Labute approximate surface area is 206 Å². The third-order valence-corrected chi connectivity index (χ3v) is 6.13. The normalized spacial score (nSPS) is 15.6. The van der Waals surface area contributed by atoms with Crippen LogP contribution in [0.25, 0.3) is 16.9 Å². The van der Waals surface area contributed by atoms with E-state index in [0.29, 0.717) is 12.4 Å². The molecule has 4 heterocycles. The van der Waals surface area contributed by atoms with Gasteiger partial charge in [0.25, 0.3) is 0 Å². The molecule has 5 rings (SSSR count). The number of nitrogen functional groups attached to an aromatic ring is 1. The molecule has 0 amide bonds. The van der Waals surface area contributed by atoms with E-state index in [-0.39, 0.29) is 34.6 Å². The second-order valence-corrected chi connectivity index (χ2v) is 8.42. The lowest BCUT2D eigenvalue weighted by atomic mass is 10.0. The van der Waals surface area contributed by atoms with Gasteiger partial charge in [-0.15, -0.1) is 5.92 Å². The highest BCUT2D eigenvalue weighted by Gasteiger charge is 2.29. The summed E-state index contributed by atoms with van der Waals surface area (Å²) < 4.78 is 22.6. The van der Waals surface area contributed by atoms with Crippen molar-refractivity contribution in [2.24, 2.45) is 0 Å². The van der Waals surface area contributed by atoms with Gasteiger partial charge < -0.3 is 15.6 Å². The molecule has 9 nitrogen and oxygen atoms in total. The number of fused-ring (bicyclic) bond motifs is 1. The Morgan fingerprint density at radius 3 is 2.86 bits per heavy atom. The highest BCUT2D eigenvalue weighted by Crippen LogP contribution is 2.35. The lowest BCUT2D eigenvalue weighted by molar-refractivity contribution is 0.0696. The molecule has 3 aromatic heterocycles. The molecule has 0 saturated carbocycles. The first kappa shape index (κ1) is 23.3. The number of likely N-dealkylation sites (tertiary alicyclic amines) is 1. The average molecular weight is 487 g/mol. The molecule has 1 fully saturated rings. The van der Waals surface area contributed by atoms with E-state index in [4.69, 9.17) is 20.6 Å². The summed E-state index contributed by atoms with van der Waals surface area (Å²) in [6.45, 7) is 4.25. The third kappa shape index (κ3) is 4.44. The van der Waals surface area contributed by atoms with Gasteiger partial charge in [0.15, 0.2) is 5.82 Å². The van der Waals surface area contributed by atoms with Crippen molar-refractivity contribution < 1.29 is 19.0 Å². The number of anilines is 1. The number of rotatable bonds is 6. The molecular weight excluding hydrogens is 463 g/mol. The zero-order valence-electron chi connectivity index (χ0n) is 19.5. The van der Waals surface area contributed by atoms with E-state index in [0.717, 1.165) is 30.7 Å². The predicted molar refractivity (Wildman–Crippen MR) is 131 cm³/mol. The van der Waals surface area contributed by atoms with Gasteiger partial charge in [-0.3, -0.25) is 9.30 Å². The molecule has 1 aromatic carbocycles. The smallest absolute Gasteiger partial charge is 0.335 e. The van der Waals surface area contributed by atoms with Crippen LogP contribution < -0.4 is 10.5 Å². The van der Waals surface area contributed by atoms with Crippen molar-refractivity contribution in [2.75, 3.05) is 25.4 Å². The number of imidazole rings is 1. The Bertz CT molecular complexity index is 1520. The number of aromatic carboxylic acids is 1. The fraction of sp³-hybridized carbons (Fsp3) is 0.231. The lowest BCUT2D eigenvalue weighted by Crippen LogP contribution is -2.20. The van der Waals surface area contributed by atoms with E-state index in [1.807, 2.05) is 13.0 Å². The molecular formula is C26H23FN6O3. The highest BCUT2D eigenvalue weighted by atomic mass is 19.1. The quantitative estimate of drug-likeness (QED) is 0.395. The Morgan fingerprint density at radius 1 is 1.25 bits per heavy atom. The van der Waals surface area contributed by atoms with Crippen LogP contribution >= 0.6 is 0 Å². The Balaban J connectivity index is 1.49. The second-order valence-electron chi connectivity index (χ2n) is 8.42. The summed E-state index contributed by atoms with van der Waals surface area (Å²) in [5.41, 5.74) is 8.10. The van der Waals surface area contributed by atoms with Crippen molar-refractivity contribution in [3.8, 4) is 34.9 Å². The number of hydrogen-bond donors (Lipinski definition) is 2. The molecule has 36 heavy (non-hydrogen) atoms. The zero-order chi connectivity index (χ0) is 25.2. The predicted octanol–water partition coefficient (Wildman–Crippen LogP) is 3.82. The molecule has 1 aliphatic heterocycles. The van der Waals surface area contributed by atoms with Crippen LogP contribution in [0.1, 0.15) is 35.3 Å². The molecule has 1 unspecified atom stereocenters. The van der Waals surface area contributed by atoms with Gasteiger partial charge in [0.2, 0.25) is 11.8 Å². The van der Waals surface area contributed by atoms with E-state index in [2.05, 4.69) is 26.7 Å². The highest BCUT2D eigenvalue weighted by molar-refractivity contribution is 5.87. The summed E-state index contributed by atoms with van der Waals surface area (Å²) in [7, 11) is 0. The Morgan fingerprint density at radius 2 is 2.08 bits per heavy atom. The molecule has 10 heteroatoms. The van der Waals surface area contributed by atoms with E-state index in [9.17, 15) is 4.79 Å². The van der Waals surface area contributed by atoms with Gasteiger partial charge in [-0.05, 0) is 44.2 Å². The van der Waals surface area contributed by atoms with Crippen LogP contribution in [0, 0.1) is 17.7 Å². The maximum absolute atomic E-state index is 15.4. The standard InChI is InChI=1S/C26H23FN6O3/c1-2-3-11-32-12-8-17(15-32)23-21-7-10-30-26(28)33(21)24(31-23)19-5-4-18(14-20(19)27)36-22-13-16(25(34)35)6-9-29-22/h4-7,9-10,13-14,17H,8,11-12,15H2,1H3,(H2,28,30)(H,34,35). The van der Waals surface area contributed by atoms with Gasteiger partial charge >= 0.3 is 5.97 Å². The molecule has 182 valence electrons. The Hall–Kier alpha value is -4.49. The maximum Gasteiger partial charge on any atom is 0.335 e. The first-order valence-corrected chi connectivity index (χ1v) is 11.4. The summed E-state index contributed by atoms with van der Waals surface area (Å²) >= 11 is 0. The van der Waals surface area contributed by atoms with Crippen molar-refractivity contribution in [1.29, 1.82) is 0 Å². The molecule has 0 bridgehead atoms. The van der Waals surface area contributed by atoms with Crippen LogP contribution in [0.2, 0.25) is 0 Å². The summed E-state index contributed by atoms with van der Waals surface area (Å²) in [6, 6.07) is 8.78. The van der Waals surface area contributed by atoms with Crippen LogP contribution in [-0.2, 0) is 0 Å². The van der Waals surface area contributed by atoms with E-state index in [1.54, 1.807) is 22.7 Å². The number of carboxylic acids is 1. The van der Waals surface area contributed by atoms with Gasteiger partial charge in [0.05, 0.1) is 28.9 Å². The number of pyridine rings is 1. The maximum atomic E-state index is 15.4. The minimum Gasteiger partial charge on any atom is -0.478 e. The number of halogens is 1. The number of hydrogen-bond acceptors (Lipinski definition) is 7. The fourth-order valence-corrected chi connectivity index (χ4v) is 4.41. The lowest BCUT2D eigenvalue weighted by Gasteiger charge is -2.11. The number of aromatic nitrogens is 4. The molecule has 0 aliphatic carbocycles. The average Bonchev–Trinajstić information content (AvgIpc) is 3.48. The van der Waals surface area contributed by atoms with Crippen molar-refractivity contribution in [2.45, 2.75) is 19.3 Å². The van der Waals surface area contributed by atoms with E-state index >= 15 is 4.39 Å². The molecule has 0 radical (unpaired) electrons. The minimum absolute atomic E-state index is 0.0173. The van der Waals surface area contributed by atoms with Gasteiger partial charge in [0.1, 0.15) is 11.6 Å². The van der Waals surface area contributed by atoms with Crippen molar-refractivity contribution in [3.05, 3.63) is 65.9 Å². The van der Waals surface area contributed by atoms with Gasteiger partial charge in [-0.2, -0.15) is 0 Å². The van der Waals surface area contributed by atoms with Crippen LogP contribution in [0.4, 0.5) is 10.3 Å². The monoisotopic (exact) mass is 486 g/mol. The number of carbonyl (C=O) groups is 1. The number of benzene rings is 1. The SMILES string of the molecule is CC#CCN1CCC(c2nc(-c3ccc(Oc4cc(C(=O)O)ccn4)cc3F)n3c(N)nccc23)C1. The number of nitrogens with zero attached hydrogens (tertiary/aromatic N) is 5. The van der Waals surface area contributed by atoms with Crippen molar-refractivity contribution in [1.82, 2.24) is 24.3 Å². The van der Waals surface area contributed by atoms with Gasteiger partial charge in [-0.1, -0.05) is 5.92 Å². The largest absolute Gasteiger partial charge is 0.478 e. The summed E-state index contributed by atoms with van der Waals surface area (Å²) in [5.74, 6) is 5.28. The third-order valence-electron chi connectivity index (χ3n) is 6.13. The van der Waals surface area contributed by atoms with Gasteiger partial charge in [0, 0.05) is 37.0 Å². The molecule has 1 aliphatic rings. The van der Waals surface area contributed by atoms with Gasteiger partial charge in [-0.25, -0.2) is 24.1 Å². The van der Waals surface area contributed by atoms with Crippen LogP contribution in [0.15, 0.2) is 48.8 Å². The van der Waals surface area contributed by atoms with Crippen LogP contribution in [0.5, 0.6) is 11.6 Å². The zero-order valence-corrected chi connectivity index (χ0v) is 19.5. The second kappa shape index (κ2) is 9.64. The van der Waals surface area contributed by atoms with Crippen LogP contribution in [0.3, 0.4) is 0 Å². The molecule has 3 N–H and O–H groups in total. The topological polar surface area (TPSA) is 119 Å². The van der Waals surface area contributed by atoms with Crippen LogP contribution in [-0.4, -0.2) is 55.0 Å². The van der Waals surface area contributed by atoms with E-state index < -0.39 is 11.8 Å². The summed E-state index contributed by atoms with van der Waals surface area (Å²) in [4.78, 5) is 26.5. The van der Waals surface area contributed by atoms with Crippen molar-refractivity contribution in [3.63, 3.8) is 0 Å². The molecule has 1 saturated heterocycles. The number of ether oxygens (including phenoxy) is 1. The summed E-state index contributed by atoms with van der Waals surface area (Å²) in [6.07, 6.45) is 3.86. The fourth-order valence-electron chi connectivity index (χ4n) is 4.41. The number of nitrogens with two attached hydrogens (primary N) is 1. The minimum atomic E-state index is -1.11. The van der Waals surface area contributed by atoms with Crippen molar-refractivity contribution >= 4 is 17.4 Å². The summed E-state index contributed by atoms with van der Waals surface area (Å²) in [5, 5.41) is 9.15. The van der Waals surface area contributed by atoms with E-state index in [1.165, 1.54) is 24.4 Å². The Kier molecular flexibility index (Phi) is 6.23. The molecule has 1 atom stereocenters. The molecule has 4 aromatic rings.